The molecule has 0 spiro atoms. The Morgan fingerprint density at radius 2 is 1.95 bits per heavy atom. The van der Waals surface area contributed by atoms with E-state index in [2.05, 4.69) is 35.9 Å². The number of nitrogens with two attached hydrogens (primary N) is 1. The molecule has 1 atom stereocenters. The van der Waals surface area contributed by atoms with Gasteiger partial charge >= 0.3 is 0 Å². The molecule has 1 aliphatic rings. The largest absolute Gasteiger partial charge is 0.379 e. The maximum absolute atomic E-state index is 6.57. The molecular weight excluding hydrogens is 262 g/mol. The first-order valence-corrected chi connectivity index (χ1v) is 7.52. The lowest BCUT2D eigenvalue weighted by atomic mass is 9.87. The summed E-state index contributed by atoms with van der Waals surface area (Å²) < 4.78 is 5.44. The van der Waals surface area contributed by atoms with Crippen molar-refractivity contribution in [1.29, 1.82) is 0 Å². The highest BCUT2D eigenvalue weighted by Gasteiger charge is 2.35. The third-order valence-electron chi connectivity index (χ3n) is 4.56. The van der Waals surface area contributed by atoms with Gasteiger partial charge in [0.25, 0.3) is 0 Å². The maximum atomic E-state index is 6.57. The number of pyridine rings is 1. The van der Waals surface area contributed by atoms with Crippen LogP contribution in [-0.4, -0.2) is 41.7 Å². The summed E-state index contributed by atoms with van der Waals surface area (Å²) in [4.78, 5) is 6.95. The van der Waals surface area contributed by atoms with E-state index in [0.29, 0.717) is 0 Å². The van der Waals surface area contributed by atoms with Crippen molar-refractivity contribution < 1.29 is 4.74 Å². The van der Waals surface area contributed by atoms with Gasteiger partial charge in [0.15, 0.2) is 0 Å². The summed E-state index contributed by atoms with van der Waals surface area (Å²) in [7, 11) is 0. The molecule has 1 unspecified atom stereocenters. The molecule has 1 aromatic carbocycles. The third-order valence-corrected chi connectivity index (χ3v) is 4.56. The zero-order chi connectivity index (χ0) is 14.9. The van der Waals surface area contributed by atoms with Crippen LogP contribution in [0.5, 0.6) is 0 Å². The first-order valence-electron chi connectivity index (χ1n) is 7.52. The molecule has 0 bridgehead atoms. The Morgan fingerprint density at radius 3 is 2.71 bits per heavy atom. The number of ether oxygens (including phenoxy) is 1. The fraction of sp³-hybridized carbons (Fsp3) is 0.471. The van der Waals surface area contributed by atoms with E-state index in [0.717, 1.165) is 42.8 Å². The van der Waals surface area contributed by atoms with Gasteiger partial charge in [-0.25, -0.2) is 0 Å². The third kappa shape index (κ3) is 2.79. The summed E-state index contributed by atoms with van der Waals surface area (Å²) in [6.45, 7) is 7.85. The van der Waals surface area contributed by atoms with Gasteiger partial charge in [-0.15, -0.1) is 0 Å². The van der Waals surface area contributed by atoms with E-state index in [9.17, 15) is 0 Å². The number of benzene rings is 1. The Labute approximate surface area is 125 Å². The highest BCUT2D eigenvalue weighted by molar-refractivity contribution is 5.78. The first kappa shape index (κ1) is 14.4. The molecule has 1 saturated heterocycles. The molecule has 0 aliphatic carbocycles. The molecule has 0 radical (unpaired) electrons. The highest BCUT2D eigenvalue weighted by Crippen LogP contribution is 2.30. The van der Waals surface area contributed by atoms with Gasteiger partial charge in [-0.3, -0.25) is 9.88 Å². The summed E-state index contributed by atoms with van der Waals surface area (Å²) in [6, 6.07) is 10.2. The van der Waals surface area contributed by atoms with E-state index < -0.39 is 0 Å². The van der Waals surface area contributed by atoms with E-state index in [1.165, 1.54) is 0 Å². The molecule has 21 heavy (non-hydrogen) atoms. The number of hydrogen-bond acceptors (Lipinski definition) is 4. The second-order valence-electron chi connectivity index (χ2n) is 6.19. The molecule has 1 fully saturated rings. The van der Waals surface area contributed by atoms with Gasteiger partial charge in [-0.2, -0.15) is 0 Å². The normalized spacial score (nSPS) is 18.8. The van der Waals surface area contributed by atoms with Crippen LogP contribution in [0.25, 0.3) is 10.9 Å². The average molecular weight is 285 g/mol. The zero-order valence-electron chi connectivity index (χ0n) is 12.7. The molecule has 3 rings (SSSR count). The Balaban J connectivity index is 1.89. The maximum Gasteiger partial charge on any atom is 0.0702 e. The lowest BCUT2D eigenvalue weighted by Gasteiger charge is -2.44. The van der Waals surface area contributed by atoms with Crippen molar-refractivity contribution in [2.75, 3.05) is 26.3 Å². The van der Waals surface area contributed by atoms with Crippen LogP contribution in [-0.2, 0) is 4.74 Å². The van der Waals surface area contributed by atoms with Gasteiger partial charge in [0.2, 0.25) is 0 Å². The van der Waals surface area contributed by atoms with Gasteiger partial charge < -0.3 is 10.5 Å². The fourth-order valence-corrected chi connectivity index (χ4v) is 3.00. The second-order valence-corrected chi connectivity index (χ2v) is 6.19. The molecule has 112 valence electrons. The standard InChI is InChI=1S/C17H23N3O/c1-17(2,20-7-9-21-10-8-20)16(18)14-11-13-5-3-4-6-15(13)19-12-14/h3-6,11-12,16H,7-10,18H2,1-2H3. The van der Waals surface area contributed by atoms with Gasteiger partial charge in [-0.1, -0.05) is 18.2 Å². The molecule has 1 aromatic heterocycles. The fourth-order valence-electron chi connectivity index (χ4n) is 3.00. The van der Waals surface area contributed by atoms with Crippen molar-refractivity contribution >= 4 is 10.9 Å². The predicted octanol–water partition coefficient (Wildman–Crippen LogP) is 2.35. The van der Waals surface area contributed by atoms with Crippen molar-refractivity contribution in [2.24, 2.45) is 5.73 Å². The number of para-hydroxylation sites is 1. The number of nitrogens with zero attached hydrogens (tertiary/aromatic N) is 2. The molecule has 4 heteroatoms. The van der Waals surface area contributed by atoms with Gasteiger partial charge in [0.1, 0.15) is 0 Å². The molecule has 0 amide bonds. The van der Waals surface area contributed by atoms with Gasteiger partial charge in [0.05, 0.1) is 18.7 Å². The summed E-state index contributed by atoms with van der Waals surface area (Å²) in [5.74, 6) is 0. The monoisotopic (exact) mass is 285 g/mol. The Kier molecular flexibility index (Phi) is 3.93. The lowest BCUT2D eigenvalue weighted by molar-refractivity contribution is -0.0190. The molecular formula is C17H23N3O. The Bertz CT molecular complexity index is 620. The van der Waals surface area contributed by atoms with Crippen LogP contribution in [0.2, 0.25) is 0 Å². The van der Waals surface area contributed by atoms with Crippen molar-refractivity contribution in [3.63, 3.8) is 0 Å². The molecule has 2 aromatic rings. The summed E-state index contributed by atoms with van der Waals surface area (Å²) in [5.41, 5.74) is 8.55. The summed E-state index contributed by atoms with van der Waals surface area (Å²) >= 11 is 0. The number of fused-ring (bicyclic) bond motifs is 1. The predicted molar refractivity (Wildman–Crippen MR) is 85.1 cm³/mol. The van der Waals surface area contributed by atoms with Crippen molar-refractivity contribution in [3.8, 4) is 0 Å². The van der Waals surface area contributed by atoms with Crippen molar-refractivity contribution in [3.05, 3.63) is 42.1 Å². The van der Waals surface area contributed by atoms with Crippen LogP contribution in [0.1, 0.15) is 25.5 Å². The minimum Gasteiger partial charge on any atom is -0.379 e. The minimum absolute atomic E-state index is 0.0762. The zero-order valence-corrected chi connectivity index (χ0v) is 12.7. The second kappa shape index (κ2) is 5.72. The molecule has 4 nitrogen and oxygen atoms in total. The molecule has 2 heterocycles. The van der Waals surface area contributed by atoms with Crippen LogP contribution in [0.3, 0.4) is 0 Å². The van der Waals surface area contributed by atoms with E-state index in [1.54, 1.807) is 0 Å². The van der Waals surface area contributed by atoms with Crippen molar-refractivity contribution in [2.45, 2.75) is 25.4 Å². The van der Waals surface area contributed by atoms with Crippen LogP contribution in [0.15, 0.2) is 36.5 Å². The van der Waals surface area contributed by atoms with E-state index in [4.69, 9.17) is 10.5 Å². The number of aromatic nitrogens is 1. The van der Waals surface area contributed by atoms with E-state index >= 15 is 0 Å². The van der Waals surface area contributed by atoms with Gasteiger partial charge in [-0.05, 0) is 31.5 Å². The van der Waals surface area contributed by atoms with Gasteiger partial charge in [0, 0.05) is 36.3 Å². The van der Waals surface area contributed by atoms with Crippen LogP contribution < -0.4 is 5.73 Å². The van der Waals surface area contributed by atoms with Crippen LogP contribution in [0.4, 0.5) is 0 Å². The SMILES string of the molecule is CC(C)(C(N)c1cnc2ccccc2c1)N1CCOCC1. The first-order chi connectivity index (χ1) is 10.1. The Morgan fingerprint density at radius 1 is 1.24 bits per heavy atom. The quantitative estimate of drug-likeness (QED) is 0.940. The van der Waals surface area contributed by atoms with Crippen molar-refractivity contribution in [1.82, 2.24) is 9.88 Å². The molecule has 1 aliphatic heterocycles. The number of rotatable bonds is 3. The van der Waals surface area contributed by atoms with E-state index in [-0.39, 0.29) is 11.6 Å². The summed E-state index contributed by atoms with van der Waals surface area (Å²) in [6.07, 6.45) is 1.91. The van der Waals surface area contributed by atoms with E-state index in [1.807, 2.05) is 24.4 Å². The topological polar surface area (TPSA) is 51.4 Å². The Hall–Kier alpha value is -1.49. The lowest BCUT2D eigenvalue weighted by Crippen LogP contribution is -2.55. The minimum atomic E-state index is -0.117. The molecule has 2 N–H and O–H groups in total. The molecule has 0 saturated carbocycles. The van der Waals surface area contributed by atoms with Crippen LogP contribution in [0, 0.1) is 0 Å². The summed E-state index contributed by atoms with van der Waals surface area (Å²) in [5, 5.41) is 1.14. The number of morpholine rings is 1. The number of hydrogen-bond donors (Lipinski definition) is 1. The van der Waals surface area contributed by atoms with Crippen LogP contribution >= 0.6 is 0 Å². The average Bonchev–Trinajstić information content (AvgIpc) is 2.54. The smallest absolute Gasteiger partial charge is 0.0702 e. The highest BCUT2D eigenvalue weighted by atomic mass is 16.5.